The van der Waals surface area contributed by atoms with Crippen molar-refractivity contribution >= 4 is 0 Å². The second-order valence-corrected chi connectivity index (χ2v) is 6.16. The fraction of sp³-hybridized carbons (Fsp3) is 0.588. The SMILES string of the molecule is CCC1CCC(O)(C2(C#N)CCOc3ccccc32)C1. The maximum absolute atomic E-state index is 11.2. The molecule has 1 aliphatic heterocycles. The van der Waals surface area contributed by atoms with Crippen molar-refractivity contribution in [2.45, 2.75) is 50.0 Å². The van der Waals surface area contributed by atoms with Crippen molar-refractivity contribution in [2.75, 3.05) is 6.61 Å². The van der Waals surface area contributed by atoms with Gasteiger partial charge < -0.3 is 9.84 Å². The lowest BCUT2D eigenvalue weighted by atomic mass is 9.64. The second-order valence-electron chi connectivity index (χ2n) is 6.16. The molecular weight excluding hydrogens is 250 g/mol. The summed E-state index contributed by atoms with van der Waals surface area (Å²) in [5, 5.41) is 21.1. The number of hydrogen-bond acceptors (Lipinski definition) is 3. The van der Waals surface area contributed by atoms with Crippen LogP contribution in [0.2, 0.25) is 0 Å². The fourth-order valence-corrected chi connectivity index (χ4v) is 3.96. The zero-order chi connectivity index (χ0) is 14.2. The van der Waals surface area contributed by atoms with E-state index < -0.39 is 11.0 Å². The number of benzene rings is 1. The molecule has 1 aromatic rings. The molecule has 0 aromatic heterocycles. The van der Waals surface area contributed by atoms with Gasteiger partial charge >= 0.3 is 0 Å². The van der Waals surface area contributed by atoms with E-state index in [-0.39, 0.29) is 0 Å². The van der Waals surface area contributed by atoms with E-state index in [1.54, 1.807) is 0 Å². The molecule has 0 spiro atoms. The maximum atomic E-state index is 11.2. The molecule has 3 nitrogen and oxygen atoms in total. The lowest BCUT2D eigenvalue weighted by Gasteiger charge is -2.44. The summed E-state index contributed by atoms with van der Waals surface area (Å²) in [5.74, 6) is 1.29. The first-order valence-corrected chi connectivity index (χ1v) is 7.51. The molecule has 106 valence electrons. The molecule has 0 radical (unpaired) electrons. The number of nitrogens with zero attached hydrogens (tertiary/aromatic N) is 1. The van der Waals surface area contributed by atoms with Crippen LogP contribution in [0.4, 0.5) is 0 Å². The third-order valence-corrected chi connectivity index (χ3v) is 5.24. The first-order valence-electron chi connectivity index (χ1n) is 7.51. The van der Waals surface area contributed by atoms with Crippen LogP contribution in [0.25, 0.3) is 0 Å². The second kappa shape index (κ2) is 4.79. The van der Waals surface area contributed by atoms with E-state index in [0.717, 1.165) is 30.6 Å². The lowest BCUT2D eigenvalue weighted by molar-refractivity contribution is -0.0292. The molecule has 1 heterocycles. The van der Waals surface area contributed by atoms with Crippen molar-refractivity contribution in [2.24, 2.45) is 5.92 Å². The minimum atomic E-state index is -0.914. The summed E-state index contributed by atoms with van der Waals surface area (Å²) in [5.41, 5.74) is -0.860. The molecule has 0 bridgehead atoms. The van der Waals surface area contributed by atoms with Crippen LogP contribution in [0.3, 0.4) is 0 Å². The van der Waals surface area contributed by atoms with E-state index in [0.29, 0.717) is 25.4 Å². The minimum absolute atomic E-state index is 0.504. The van der Waals surface area contributed by atoms with Crippen LogP contribution in [-0.4, -0.2) is 17.3 Å². The van der Waals surface area contributed by atoms with Gasteiger partial charge in [-0.15, -0.1) is 0 Å². The van der Waals surface area contributed by atoms with Gasteiger partial charge in [0.2, 0.25) is 0 Å². The van der Waals surface area contributed by atoms with Gasteiger partial charge in [0.25, 0.3) is 0 Å². The molecule has 3 unspecified atom stereocenters. The van der Waals surface area contributed by atoms with Crippen molar-refractivity contribution in [3.63, 3.8) is 0 Å². The Hall–Kier alpha value is -1.53. The fourth-order valence-electron chi connectivity index (χ4n) is 3.96. The summed E-state index contributed by atoms with van der Waals surface area (Å²) >= 11 is 0. The lowest BCUT2D eigenvalue weighted by Crippen LogP contribution is -2.51. The molecule has 1 fully saturated rings. The van der Waals surface area contributed by atoms with Crippen LogP contribution in [-0.2, 0) is 5.41 Å². The zero-order valence-electron chi connectivity index (χ0n) is 11.9. The average Bonchev–Trinajstić information content (AvgIpc) is 2.89. The summed E-state index contributed by atoms with van der Waals surface area (Å²) < 4.78 is 5.68. The third-order valence-electron chi connectivity index (χ3n) is 5.24. The molecule has 2 aliphatic rings. The largest absolute Gasteiger partial charge is 0.493 e. The zero-order valence-corrected chi connectivity index (χ0v) is 11.9. The highest BCUT2D eigenvalue weighted by Crippen LogP contribution is 2.53. The van der Waals surface area contributed by atoms with Crippen LogP contribution in [0.5, 0.6) is 5.75 Å². The predicted molar refractivity (Wildman–Crippen MR) is 76.4 cm³/mol. The van der Waals surface area contributed by atoms with Crippen molar-refractivity contribution in [1.29, 1.82) is 5.26 Å². The normalized spacial score (nSPS) is 36.0. The first-order chi connectivity index (χ1) is 9.65. The van der Waals surface area contributed by atoms with Gasteiger partial charge in [0, 0.05) is 12.0 Å². The predicted octanol–water partition coefficient (Wildman–Crippen LogP) is 3.17. The van der Waals surface area contributed by atoms with Crippen LogP contribution in [0.15, 0.2) is 24.3 Å². The summed E-state index contributed by atoms with van der Waals surface area (Å²) in [6.45, 7) is 2.66. The Balaban J connectivity index is 2.08. The molecule has 1 N–H and O–H groups in total. The number of aliphatic hydroxyl groups is 1. The number of para-hydroxylation sites is 1. The van der Waals surface area contributed by atoms with Gasteiger partial charge in [-0.2, -0.15) is 5.26 Å². The maximum Gasteiger partial charge on any atom is 0.124 e. The Morgan fingerprint density at radius 3 is 2.90 bits per heavy atom. The molecule has 1 aliphatic carbocycles. The molecule has 3 rings (SSSR count). The van der Waals surface area contributed by atoms with Crippen LogP contribution >= 0.6 is 0 Å². The van der Waals surface area contributed by atoms with Gasteiger partial charge in [-0.05, 0) is 31.2 Å². The summed E-state index contributed by atoms with van der Waals surface area (Å²) in [4.78, 5) is 0. The minimum Gasteiger partial charge on any atom is -0.493 e. The standard InChI is InChI=1S/C17H21NO2/c1-2-13-7-8-17(19,11-13)16(12-18)9-10-20-15-6-4-3-5-14(15)16/h3-6,13,19H,2,7-11H2,1H3. The molecule has 1 aromatic carbocycles. The number of hydrogen-bond donors (Lipinski definition) is 1. The number of ether oxygens (including phenoxy) is 1. The number of fused-ring (bicyclic) bond motifs is 1. The van der Waals surface area contributed by atoms with Crippen molar-refractivity contribution in [1.82, 2.24) is 0 Å². The van der Waals surface area contributed by atoms with Gasteiger partial charge in [0.15, 0.2) is 0 Å². The van der Waals surface area contributed by atoms with E-state index in [4.69, 9.17) is 4.74 Å². The van der Waals surface area contributed by atoms with Crippen LogP contribution in [0.1, 0.15) is 44.6 Å². The van der Waals surface area contributed by atoms with E-state index in [9.17, 15) is 10.4 Å². The highest BCUT2D eigenvalue weighted by molar-refractivity contribution is 5.48. The number of nitriles is 1. The monoisotopic (exact) mass is 271 g/mol. The average molecular weight is 271 g/mol. The van der Waals surface area contributed by atoms with Crippen molar-refractivity contribution < 1.29 is 9.84 Å². The van der Waals surface area contributed by atoms with Gasteiger partial charge in [-0.25, -0.2) is 0 Å². The van der Waals surface area contributed by atoms with E-state index in [1.807, 2.05) is 24.3 Å². The highest BCUT2D eigenvalue weighted by Gasteiger charge is 2.57. The van der Waals surface area contributed by atoms with E-state index in [1.165, 1.54) is 0 Å². The van der Waals surface area contributed by atoms with E-state index >= 15 is 0 Å². The van der Waals surface area contributed by atoms with Crippen molar-refractivity contribution in [3.05, 3.63) is 29.8 Å². The Morgan fingerprint density at radius 1 is 1.40 bits per heavy atom. The quantitative estimate of drug-likeness (QED) is 0.899. The number of rotatable bonds is 2. The van der Waals surface area contributed by atoms with Crippen molar-refractivity contribution in [3.8, 4) is 11.8 Å². The Kier molecular flexibility index (Phi) is 3.22. The molecule has 0 amide bonds. The molecule has 3 heteroatoms. The van der Waals surface area contributed by atoms with Crippen LogP contribution < -0.4 is 4.74 Å². The Morgan fingerprint density at radius 2 is 2.20 bits per heavy atom. The highest BCUT2D eigenvalue weighted by atomic mass is 16.5. The Labute approximate surface area is 120 Å². The molecule has 20 heavy (non-hydrogen) atoms. The first kappa shape index (κ1) is 13.5. The molecule has 1 saturated carbocycles. The Bertz CT molecular complexity index is 550. The van der Waals surface area contributed by atoms with E-state index in [2.05, 4.69) is 13.0 Å². The molecule has 0 saturated heterocycles. The molecular formula is C17H21NO2. The van der Waals surface area contributed by atoms with Gasteiger partial charge in [-0.1, -0.05) is 31.5 Å². The van der Waals surface area contributed by atoms with Gasteiger partial charge in [-0.3, -0.25) is 0 Å². The summed E-state index contributed by atoms with van der Waals surface area (Å²) in [6, 6.07) is 10.2. The smallest absolute Gasteiger partial charge is 0.124 e. The summed E-state index contributed by atoms with van der Waals surface area (Å²) in [7, 11) is 0. The third kappa shape index (κ3) is 1.75. The summed E-state index contributed by atoms with van der Waals surface area (Å²) in [6.07, 6.45) is 4.10. The topological polar surface area (TPSA) is 53.2 Å². The molecule has 3 atom stereocenters. The van der Waals surface area contributed by atoms with Crippen LogP contribution in [0, 0.1) is 17.2 Å². The van der Waals surface area contributed by atoms with Gasteiger partial charge in [0.05, 0.1) is 18.3 Å². The van der Waals surface area contributed by atoms with Gasteiger partial charge in [0.1, 0.15) is 11.2 Å².